The Morgan fingerprint density at radius 3 is 2.35 bits per heavy atom. The minimum Gasteiger partial charge on any atom is -0.507 e. The Morgan fingerprint density at radius 1 is 0.935 bits per heavy atom. The van der Waals surface area contributed by atoms with Crippen molar-refractivity contribution in [3.05, 3.63) is 101 Å². The SMILES string of the molecule is COc1ccccc1/C(O)=C1\C(=O)C(=O)N(c2cccc(C)c2)C1c1ccccc1C. The minimum atomic E-state index is -0.757. The van der Waals surface area contributed by atoms with Gasteiger partial charge < -0.3 is 9.84 Å². The van der Waals surface area contributed by atoms with E-state index in [1.807, 2.05) is 56.3 Å². The van der Waals surface area contributed by atoms with Gasteiger partial charge in [-0.05, 0) is 54.8 Å². The maximum Gasteiger partial charge on any atom is 0.300 e. The molecular formula is C26H23NO4. The summed E-state index contributed by atoms with van der Waals surface area (Å²) in [5, 5.41) is 11.3. The number of ether oxygens (including phenoxy) is 1. The third-order valence-corrected chi connectivity index (χ3v) is 5.57. The number of hydrogen-bond acceptors (Lipinski definition) is 4. The first kappa shape index (κ1) is 20.4. The van der Waals surface area contributed by atoms with E-state index in [0.717, 1.165) is 16.7 Å². The van der Waals surface area contributed by atoms with Gasteiger partial charge in [-0.3, -0.25) is 14.5 Å². The largest absolute Gasteiger partial charge is 0.507 e. The summed E-state index contributed by atoms with van der Waals surface area (Å²) < 4.78 is 5.38. The summed E-state index contributed by atoms with van der Waals surface area (Å²) in [6, 6.07) is 21.1. The van der Waals surface area contributed by atoms with Crippen LogP contribution in [0.25, 0.3) is 5.76 Å². The Kier molecular flexibility index (Phi) is 5.34. The first-order valence-electron chi connectivity index (χ1n) is 10.0. The molecule has 1 fully saturated rings. The van der Waals surface area contributed by atoms with Crippen LogP contribution in [0.3, 0.4) is 0 Å². The molecule has 1 heterocycles. The van der Waals surface area contributed by atoms with Crippen LogP contribution in [0.15, 0.2) is 78.4 Å². The van der Waals surface area contributed by atoms with Gasteiger partial charge in [-0.1, -0.05) is 48.5 Å². The lowest BCUT2D eigenvalue weighted by atomic mass is 9.92. The van der Waals surface area contributed by atoms with Crippen molar-refractivity contribution in [1.82, 2.24) is 0 Å². The van der Waals surface area contributed by atoms with Crippen molar-refractivity contribution >= 4 is 23.1 Å². The van der Waals surface area contributed by atoms with Crippen LogP contribution in [0, 0.1) is 13.8 Å². The van der Waals surface area contributed by atoms with E-state index >= 15 is 0 Å². The van der Waals surface area contributed by atoms with Crippen molar-refractivity contribution < 1.29 is 19.4 Å². The number of carbonyl (C=O) groups excluding carboxylic acids is 2. The standard InChI is InChI=1S/C26H23NO4/c1-16-9-8-11-18(15-16)27-23(19-12-5-4-10-17(19)2)22(25(29)26(27)30)24(28)20-13-6-7-14-21(20)31-3/h4-15,23,28H,1-3H3/b24-22+. The number of ketones is 1. The van der Waals surface area contributed by atoms with Gasteiger partial charge in [-0.15, -0.1) is 0 Å². The summed E-state index contributed by atoms with van der Waals surface area (Å²) in [5.41, 5.74) is 3.68. The zero-order valence-electron chi connectivity index (χ0n) is 17.6. The number of para-hydroxylation sites is 1. The smallest absolute Gasteiger partial charge is 0.300 e. The fourth-order valence-electron chi connectivity index (χ4n) is 4.05. The van der Waals surface area contributed by atoms with E-state index in [9.17, 15) is 14.7 Å². The van der Waals surface area contributed by atoms with E-state index in [2.05, 4.69) is 0 Å². The minimum absolute atomic E-state index is 0.0466. The molecule has 31 heavy (non-hydrogen) atoms. The maximum absolute atomic E-state index is 13.2. The van der Waals surface area contributed by atoms with Crippen LogP contribution in [0.5, 0.6) is 5.75 Å². The molecule has 0 aliphatic carbocycles. The van der Waals surface area contributed by atoms with Crippen molar-refractivity contribution in [2.75, 3.05) is 12.0 Å². The average Bonchev–Trinajstić information content (AvgIpc) is 3.04. The molecule has 5 heteroatoms. The van der Waals surface area contributed by atoms with Crippen LogP contribution in [0.4, 0.5) is 5.69 Å². The molecule has 1 unspecified atom stereocenters. The predicted molar refractivity (Wildman–Crippen MR) is 120 cm³/mol. The van der Waals surface area contributed by atoms with Crippen molar-refractivity contribution in [2.45, 2.75) is 19.9 Å². The van der Waals surface area contributed by atoms with Crippen molar-refractivity contribution in [3.63, 3.8) is 0 Å². The van der Waals surface area contributed by atoms with Crippen LogP contribution in [-0.2, 0) is 9.59 Å². The molecular weight excluding hydrogens is 390 g/mol. The Labute approximate surface area is 181 Å². The molecule has 1 amide bonds. The highest BCUT2D eigenvalue weighted by Gasteiger charge is 2.47. The topological polar surface area (TPSA) is 66.8 Å². The van der Waals surface area contributed by atoms with E-state index in [-0.39, 0.29) is 11.3 Å². The molecule has 0 saturated carbocycles. The molecule has 156 valence electrons. The number of carbonyl (C=O) groups is 2. The van der Waals surface area contributed by atoms with Crippen molar-refractivity contribution in [2.24, 2.45) is 0 Å². The van der Waals surface area contributed by atoms with E-state index < -0.39 is 17.7 Å². The second-order valence-corrected chi connectivity index (χ2v) is 7.56. The van der Waals surface area contributed by atoms with Gasteiger partial charge in [0.25, 0.3) is 11.7 Å². The van der Waals surface area contributed by atoms with Gasteiger partial charge in [0.2, 0.25) is 0 Å². The van der Waals surface area contributed by atoms with Crippen molar-refractivity contribution in [3.8, 4) is 5.75 Å². The predicted octanol–water partition coefficient (Wildman–Crippen LogP) is 4.94. The molecule has 4 rings (SSSR count). The van der Waals surface area contributed by atoms with Crippen LogP contribution in [0.1, 0.15) is 28.3 Å². The molecule has 3 aromatic rings. The van der Waals surface area contributed by atoms with Crippen LogP contribution < -0.4 is 9.64 Å². The number of aliphatic hydroxyl groups is 1. The molecule has 1 atom stereocenters. The summed E-state index contributed by atoms with van der Waals surface area (Å²) in [7, 11) is 1.50. The number of Topliss-reactive ketones (excluding diaryl/α,β-unsaturated/α-hetero) is 1. The van der Waals surface area contributed by atoms with Gasteiger partial charge in [-0.25, -0.2) is 0 Å². The van der Waals surface area contributed by atoms with Gasteiger partial charge in [0.15, 0.2) is 0 Å². The highest BCUT2D eigenvalue weighted by Crippen LogP contribution is 2.44. The number of benzene rings is 3. The third kappa shape index (κ3) is 3.48. The summed E-state index contributed by atoms with van der Waals surface area (Å²) in [4.78, 5) is 27.9. The number of nitrogens with zero attached hydrogens (tertiary/aromatic N) is 1. The van der Waals surface area contributed by atoms with Crippen LogP contribution in [0.2, 0.25) is 0 Å². The Balaban J connectivity index is 2.01. The van der Waals surface area contributed by atoms with E-state index in [1.165, 1.54) is 12.0 Å². The molecule has 1 N–H and O–H groups in total. The van der Waals surface area contributed by atoms with E-state index in [0.29, 0.717) is 17.0 Å². The zero-order valence-corrected chi connectivity index (χ0v) is 17.6. The number of hydrogen-bond donors (Lipinski definition) is 1. The van der Waals surface area contributed by atoms with Crippen LogP contribution >= 0.6 is 0 Å². The fourth-order valence-corrected chi connectivity index (χ4v) is 4.05. The lowest BCUT2D eigenvalue weighted by Gasteiger charge is -2.27. The first-order chi connectivity index (χ1) is 14.9. The highest BCUT2D eigenvalue weighted by molar-refractivity contribution is 6.51. The number of anilines is 1. The second kappa shape index (κ2) is 8.11. The normalized spacial score (nSPS) is 17.8. The molecule has 1 aliphatic heterocycles. The lowest BCUT2D eigenvalue weighted by molar-refractivity contribution is -0.132. The molecule has 0 aromatic heterocycles. The summed E-state index contributed by atoms with van der Waals surface area (Å²) in [6.45, 7) is 3.85. The monoisotopic (exact) mass is 413 g/mol. The van der Waals surface area contributed by atoms with Crippen molar-refractivity contribution in [1.29, 1.82) is 0 Å². The molecule has 5 nitrogen and oxygen atoms in total. The molecule has 1 aliphatic rings. The van der Waals surface area contributed by atoms with E-state index in [1.54, 1.807) is 30.3 Å². The molecule has 0 spiro atoms. The number of amides is 1. The van der Waals surface area contributed by atoms with Gasteiger partial charge in [0.1, 0.15) is 11.5 Å². The lowest BCUT2D eigenvalue weighted by Crippen LogP contribution is -2.29. The third-order valence-electron chi connectivity index (χ3n) is 5.57. The summed E-state index contributed by atoms with van der Waals surface area (Å²) in [6.07, 6.45) is 0. The number of aryl methyl sites for hydroxylation is 2. The highest BCUT2D eigenvalue weighted by atomic mass is 16.5. The molecule has 3 aromatic carbocycles. The van der Waals surface area contributed by atoms with Gasteiger partial charge >= 0.3 is 0 Å². The second-order valence-electron chi connectivity index (χ2n) is 7.56. The van der Waals surface area contributed by atoms with Gasteiger partial charge in [0, 0.05) is 5.69 Å². The average molecular weight is 413 g/mol. The number of aliphatic hydroxyl groups excluding tert-OH is 1. The Hall–Kier alpha value is -3.86. The quantitative estimate of drug-likeness (QED) is 0.374. The van der Waals surface area contributed by atoms with Gasteiger partial charge in [-0.2, -0.15) is 0 Å². The van der Waals surface area contributed by atoms with Gasteiger partial charge in [0.05, 0.1) is 24.3 Å². The molecule has 0 radical (unpaired) electrons. The number of methoxy groups -OCH3 is 1. The molecule has 0 bridgehead atoms. The maximum atomic E-state index is 13.2. The summed E-state index contributed by atoms with van der Waals surface area (Å²) in [5.74, 6) is -1.22. The number of rotatable bonds is 4. The fraction of sp³-hybridized carbons (Fsp3) is 0.154. The van der Waals surface area contributed by atoms with E-state index in [4.69, 9.17) is 4.74 Å². The Morgan fingerprint density at radius 2 is 1.65 bits per heavy atom. The molecule has 1 saturated heterocycles. The first-order valence-corrected chi connectivity index (χ1v) is 10.0. The zero-order chi connectivity index (χ0) is 22.1. The summed E-state index contributed by atoms with van der Waals surface area (Å²) >= 11 is 0. The van der Waals surface area contributed by atoms with Crippen LogP contribution in [-0.4, -0.2) is 23.9 Å². The Bertz CT molecular complexity index is 1210.